The summed E-state index contributed by atoms with van der Waals surface area (Å²) in [6.07, 6.45) is 3.49. The van der Waals surface area contributed by atoms with E-state index in [1.807, 2.05) is 12.1 Å². The number of ether oxygens (including phenoxy) is 2. The van der Waals surface area contributed by atoms with Gasteiger partial charge in [0.2, 0.25) is 0 Å². The molecule has 2 fully saturated rings. The van der Waals surface area contributed by atoms with E-state index in [1.54, 1.807) is 13.1 Å². The summed E-state index contributed by atoms with van der Waals surface area (Å²) in [5, 5.41) is 3.83. The predicted molar refractivity (Wildman–Crippen MR) is 78.3 cm³/mol. The first-order chi connectivity index (χ1) is 10.7. The Balaban J connectivity index is 1.51. The van der Waals surface area contributed by atoms with Gasteiger partial charge in [-0.05, 0) is 19.1 Å². The highest BCUT2D eigenvalue weighted by atomic mass is 16.7. The van der Waals surface area contributed by atoms with Gasteiger partial charge in [0.25, 0.3) is 5.89 Å². The van der Waals surface area contributed by atoms with Crippen molar-refractivity contribution in [2.45, 2.75) is 25.6 Å². The molecular weight excluding hydrogens is 284 g/mol. The number of hydrogen-bond donors (Lipinski definition) is 0. The number of pyridine rings is 1. The average molecular weight is 302 g/mol. The highest BCUT2D eigenvalue weighted by molar-refractivity contribution is 5.58. The minimum atomic E-state index is -0.363. The van der Waals surface area contributed by atoms with Gasteiger partial charge in [0.1, 0.15) is 5.82 Å². The van der Waals surface area contributed by atoms with Crippen LogP contribution in [-0.2, 0) is 9.47 Å². The van der Waals surface area contributed by atoms with E-state index in [9.17, 15) is 0 Å². The lowest BCUT2D eigenvalue weighted by atomic mass is 10.0. The van der Waals surface area contributed by atoms with Crippen molar-refractivity contribution in [3.8, 4) is 11.5 Å². The third-order valence-electron chi connectivity index (χ3n) is 4.18. The van der Waals surface area contributed by atoms with Crippen molar-refractivity contribution in [1.82, 2.24) is 15.1 Å². The molecule has 0 N–H and O–H groups in total. The Morgan fingerprint density at radius 1 is 1.18 bits per heavy atom. The lowest BCUT2D eigenvalue weighted by Gasteiger charge is -2.38. The van der Waals surface area contributed by atoms with Gasteiger partial charge < -0.3 is 18.9 Å². The van der Waals surface area contributed by atoms with Crippen LogP contribution in [0.2, 0.25) is 0 Å². The van der Waals surface area contributed by atoms with Crippen molar-refractivity contribution in [2.75, 3.05) is 31.2 Å². The van der Waals surface area contributed by atoms with E-state index in [1.165, 1.54) is 0 Å². The molecule has 2 saturated heterocycles. The van der Waals surface area contributed by atoms with E-state index in [0.29, 0.717) is 24.9 Å². The molecule has 0 radical (unpaired) electrons. The minimum absolute atomic E-state index is 0.363. The van der Waals surface area contributed by atoms with Gasteiger partial charge >= 0.3 is 0 Å². The zero-order chi connectivity index (χ0) is 15.0. The fraction of sp³-hybridized carbons (Fsp3) is 0.533. The Kier molecular flexibility index (Phi) is 3.31. The zero-order valence-electron chi connectivity index (χ0n) is 12.5. The summed E-state index contributed by atoms with van der Waals surface area (Å²) in [5.41, 5.74) is 0.888. The lowest BCUT2D eigenvalue weighted by Crippen LogP contribution is -2.45. The highest BCUT2D eigenvalue weighted by Gasteiger charge is 2.40. The number of anilines is 1. The molecule has 7 heteroatoms. The van der Waals surface area contributed by atoms with Gasteiger partial charge in [0, 0.05) is 37.7 Å². The summed E-state index contributed by atoms with van der Waals surface area (Å²) in [7, 11) is 0. The van der Waals surface area contributed by atoms with Crippen LogP contribution in [0.15, 0.2) is 22.9 Å². The number of aryl methyl sites for hydroxylation is 1. The van der Waals surface area contributed by atoms with E-state index in [2.05, 4.69) is 20.0 Å². The standard InChI is InChI=1S/C15H18N4O3/c1-11-17-14(22-18-11)12-2-5-16-13(10-12)19-6-3-15(4-7-19)20-8-9-21-15/h2,5,10H,3-4,6-9H2,1H3. The molecule has 2 aliphatic heterocycles. The van der Waals surface area contributed by atoms with Crippen molar-refractivity contribution in [1.29, 1.82) is 0 Å². The summed E-state index contributed by atoms with van der Waals surface area (Å²) >= 11 is 0. The Bertz CT molecular complexity index is 656. The van der Waals surface area contributed by atoms with E-state index in [0.717, 1.165) is 37.3 Å². The Labute approximate surface area is 128 Å². The van der Waals surface area contributed by atoms with Crippen molar-refractivity contribution in [3.63, 3.8) is 0 Å². The first-order valence-electron chi connectivity index (χ1n) is 7.54. The van der Waals surface area contributed by atoms with Crippen LogP contribution in [0.1, 0.15) is 18.7 Å². The molecule has 0 saturated carbocycles. The molecule has 0 aliphatic carbocycles. The maximum absolute atomic E-state index is 5.76. The molecule has 0 amide bonds. The number of hydrogen-bond acceptors (Lipinski definition) is 7. The van der Waals surface area contributed by atoms with E-state index < -0.39 is 0 Å². The van der Waals surface area contributed by atoms with Crippen LogP contribution in [0.3, 0.4) is 0 Å². The Morgan fingerprint density at radius 3 is 2.64 bits per heavy atom. The minimum Gasteiger partial charge on any atom is -0.356 e. The molecule has 2 aromatic heterocycles. The van der Waals surface area contributed by atoms with Crippen LogP contribution in [-0.4, -0.2) is 47.2 Å². The Morgan fingerprint density at radius 2 is 1.95 bits per heavy atom. The third kappa shape index (κ3) is 2.46. The maximum atomic E-state index is 5.76. The van der Waals surface area contributed by atoms with Crippen LogP contribution >= 0.6 is 0 Å². The van der Waals surface area contributed by atoms with Gasteiger partial charge in [-0.2, -0.15) is 4.98 Å². The van der Waals surface area contributed by atoms with Crippen LogP contribution < -0.4 is 4.90 Å². The largest absolute Gasteiger partial charge is 0.356 e. The molecule has 2 aromatic rings. The van der Waals surface area contributed by atoms with Crippen molar-refractivity contribution < 1.29 is 14.0 Å². The predicted octanol–water partition coefficient (Wildman–Crippen LogP) is 1.78. The number of piperidine rings is 1. The summed E-state index contributed by atoms with van der Waals surface area (Å²) in [5.74, 6) is 1.71. The van der Waals surface area contributed by atoms with Crippen molar-refractivity contribution >= 4 is 5.82 Å². The molecule has 4 rings (SSSR count). The molecule has 22 heavy (non-hydrogen) atoms. The number of nitrogens with zero attached hydrogens (tertiary/aromatic N) is 4. The van der Waals surface area contributed by atoms with Crippen LogP contribution in [0.4, 0.5) is 5.82 Å². The molecule has 0 atom stereocenters. The monoisotopic (exact) mass is 302 g/mol. The van der Waals surface area contributed by atoms with Crippen LogP contribution in [0.5, 0.6) is 0 Å². The fourth-order valence-electron chi connectivity index (χ4n) is 3.00. The van der Waals surface area contributed by atoms with E-state index in [-0.39, 0.29) is 5.79 Å². The van der Waals surface area contributed by atoms with Gasteiger partial charge in [0.15, 0.2) is 11.6 Å². The van der Waals surface area contributed by atoms with Gasteiger partial charge in [-0.1, -0.05) is 5.16 Å². The molecule has 0 bridgehead atoms. The normalized spacial score (nSPS) is 20.7. The van der Waals surface area contributed by atoms with Crippen LogP contribution in [0.25, 0.3) is 11.5 Å². The van der Waals surface area contributed by atoms with E-state index in [4.69, 9.17) is 14.0 Å². The van der Waals surface area contributed by atoms with Gasteiger partial charge in [0.05, 0.1) is 13.2 Å². The highest BCUT2D eigenvalue weighted by Crippen LogP contribution is 2.33. The summed E-state index contributed by atoms with van der Waals surface area (Å²) < 4.78 is 16.7. The first-order valence-corrected chi connectivity index (χ1v) is 7.54. The molecule has 2 aliphatic rings. The summed E-state index contributed by atoms with van der Waals surface area (Å²) in [6.45, 7) is 4.92. The average Bonchev–Trinajstić information content (AvgIpc) is 3.18. The van der Waals surface area contributed by atoms with Gasteiger partial charge in [-0.25, -0.2) is 4.98 Å². The molecule has 4 heterocycles. The molecule has 7 nitrogen and oxygen atoms in total. The molecule has 0 unspecified atom stereocenters. The topological polar surface area (TPSA) is 73.5 Å². The van der Waals surface area contributed by atoms with Crippen molar-refractivity contribution in [3.05, 3.63) is 24.2 Å². The quantitative estimate of drug-likeness (QED) is 0.837. The maximum Gasteiger partial charge on any atom is 0.258 e. The SMILES string of the molecule is Cc1noc(-c2ccnc(N3CCC4(CC3)OCCO4)c2)n1. The Hall–Kier alpha value is -1.99. The second kappa shape index (κ2) is 5.33. The zero-order valence-corrected chi connectivity index (χ0v) is 12.5. The molecular formula is C15H18N4O3. The first kappa shape index (κ1) is 13.7. The van der Waals surface area contributed by atoms with Gasteiger partial charge in [-0.15, -0.1) is 0 Å². The number of rotatable bonds is 2. The molecule has 116 valence electrons. The van der Waals surface area contributed by atoms with Gasteiger partial charge in [-0.3, -0.25) is 0 Å². The lowest BCUT2D eigenvalue weighted by molar-refractivity contribution is -0.169. The number of aromatic nitrogens is 3. The molecule has 1 spiro atoms. The van der Waals surface area contributed by atoms with E-state index >= 15 is 0 Å². The fourth-order valence-corrected chi connectivity index (χ4v) is 3.00. The third-order valence-corrected chi connectivity index (χ3v) is 4.18. The summed E-state index contributed by atoms with van der Waals surface area (Å²) in [6, 6.07) is 3.87. The van der Waals surface area contributed by atoms with Crippen molar-refractivity contribution in [2.24, 2.45) is 0 Å². The van der Waals surface area contributed by atoms with Crippen LogP contribution in [0, 0.1) is 6.92 Å². The summed E-state index contributed by atoms with van der Waals surface area (Å²) in [4.78, 5) is 11.0. The molecule has 0 aromatic carbocycles. The second-order valence-corrected chi connectivity index (χ2v) is 5.64. The smallest absolute Gasteiger partial charge is 0.258 e. The second-order valence-electron chi connectivity index (χ2n) is 5.64.